The maximum Gasteiger partial charge on any atom is 0.306 e. The van der Waals surface area contributed by atoms with Crippen molar-refractivity contribution >= 4 is 5.97 Å². The van der Waals surface area contributed by atoms with Gasteiger partial charge in [-0.1, -0.05) is 0 Å². The van der Waals surface area contributed by atoms with Gasteiger partial charge in [-0.3, -0.25) is 4.79 Å². The molecule has 1 aliphatic rings. The van der Waals surface area contributed by atoms with E-state index in [0.717, 1.165) is 25.9 Å². The summed E-state index contributed by atoms with van der Waals surface area (Å²) in [6.07, 6.45) is 5.23. The van der Waals surface area contributed by atoms with Gasteiger partial charge in [-0.2, -0.15) is 0 Å². The number of carbonyl (C=O) groups excluding carboxylic acids is 1. The number of hydrogen-bond acceptors (Lipinski definition) is 3. The quantitative estimate of drug-likeness (QED) is 0.737. The number of ether oxygens (including phenoxy) is 1. The Balaban J connectivity index is 2.30. The smallest absolute Gasteiger partial charge is 0.306 e. The molecule has 0 unspecified atom stereocenters. The predicted molar refractivity (Wildman–Crippen MR) is 65.3 cm³/mol. The minimum atomic E-state index is -0.347. The van der Waals surface area contributed by atoms with Crippen molar-refractivity contribution < 1.29 is 9.53 Å². The van der Waals surface area contributed by atoms with Crippen molar-refractivity contribution in [2.45, 2.75) is 58.5 Å². The standard InChI is InChI=1S/C13H25NO2/c1-13(2,3)16-12(15)10-11-6-4-8-14-9-5-7-11/h11,14H,4-10H2,1-3H3. The first-order valence-electron chi connectivity index (χ1n) is 6.40. The van der Waals surface area contributed by atoms with Gasteiger partial charge in [0.2, 0.25) is 0 Å². The van der Waals surface area contributed by atoms with Crippen molar-refractivity contribution in [2.24, 2.45) is 5.92 Å². The van der Waals surface area contributed by atoms with Crippen molar-refractivity contribution in [3.63, 3.8) is 0 Å². The van der Waals surface area contributed by atoms with E-state index in [-0.39, 0.29) is 11.6 Å². The summed E-state index contributed by atoms with van der Waals surface area (Å²) >= 11 is 0. The molecular weight excluding hydrogens is 202 g/mol. The number of carbonyl (C=O) groups is 1. The molecule has 0 radical (unpaired) electrons. The van der Waals surface area contributed by atoms with Gasteiger partial charge in [-0.15, -0.1) is 0 Å². The minimum absolute atomic E-state index is 0.0361. The van der Waals surface area contributed by atoms with E-state index < -0.39 is 0 Å². The van der Waals surface area contributed by atoms with Crippen molar-refractivity contribution in [1.82, 2.24) is 5.32 Å². The van der Waals surface area contributed by atoms with Crippen LogP contribution in [0.5, 0.6) is 0 Å². The number of esters is 1. The molecule has 0 aromatic heterocycles. The Morgan fingerprint density at radius 3 is 2.31 bits per heavy atom. The second-order valence-electron chi connectivity index (χ2n) is 5.69. The van der Waals surface area contributed by atoms with E-state index >= 15 is 0 Å². The number of hydrogen-bond donors (Lipinski definition) is 1. The molecule has 0 aromatic rings. The van der Waals surface area contributed by atoms with E-state index in [0.29, 0.717) is 12.3 Å². The van der Waals surface area contributed by atoms with Crippen LogP contribution in [-0.4, -0.2) is 24.7 Å². The summed E-state index contributed by atoms with van der Waals surface area (Å²) in [4.78, 5) is 11.7. The molecule has 1 aliphatic heterocycles. The van der Waals surface area contributed by atoms with Gasteiger partial charge in [0.05, 0.1) is 0 Å². The normalized spacial score (nSPS) is 19.9. The SMILES string of the molecule is CC(C)(C)OC(=O)CC1CCCNCCC1. The van der Waals surface area contributed by atoms with Gasteiger partial charge in [0, 0.05) is 6.42 Å². The summed E-state index contributed by atoms with van der Waals surface area (Å²) in [6, 6.07) is 0. The molecule has 1 heterocycles. The molecular formula is C13H25NO2. The molecule has 0 saturated carbocycles. The summed E-state index contributed by atoms with van der Waals surface area (Å²) in [5.41, 5.74) is -0.347. The fourth-order valence-electron chi connectivity index (χ4n) is 2.12. The first kappa shape index (κ1) is 13.5. The van der Waals surface area contributed by atoms with Crippen LogP contribution in [0, 0.1) is 5.92 Å². The van der Waals surface area contributed by atoms with E-state index in [1.807, 2.05) is 20.8 Å². The van der Waals surface area contributed by atoms with Crippen LogP contribution in [0.4, 0.5) is 0 Å². The molecule has 0 spiro atoms. The van der Waals surface area contributed by atoms with Crippen molar-refractivity contribution in [1.29, 1.82) is 0 Å². The molecule has 0 amide bonds. The molecule has 94 valence electrons. The predicted octanol–water partition coefficient (Wildman–Crippen LogP) is 2.50. The second-order valence-corrected chi connectivity index (χ2v) is 5.69. The highest BCUT2D eigenvalue weighted by Crippen LogP contribution is 2.21. The van der Waals surface area contributed by atoms with Crippen LogP contribution in [0.3, 0.4) is 0 Å². The largest absolute Gasteiger partial charge is 0.460 e. The van der Waals surface area contributed by atoms with Crippen LogP contribution < -0.4 is 5.32 Å². The zero-order valence-electron chi connectivity index (χ0n) is 10.8. The third kappa shape index (κ3) is 6.11. The molecule has 3 nitrogen and oxygen atoms in total. The van der Waals surface area contributed by atoms with Gasteiger partial charge in [-0.25, -0.2) is 0 Å². The van der Waals surface area contributed by atoms with E-state index in [4.69, 9.17) is 4.74 Å². The Labute approximate surface area is 98.9 Å². The molecule has 1 N–H and O–H groups in total. The molecule has 0 bridgehead atoms. The fraction of sp³-hybridized carbons (Fsp3) is 0.923. The van der Waals surface area contributed by atoms with Crippen molar-refractivity contribution in [3.8, 4) is 0 Å². The van der Waals surface area contributed by atoms with Crippen molar-refractivity contribution in [3.05, 3.63) is 0 Å². The lowest BCUT2D eigenvalue weighted by molar-refractivity contribution is -0.156. The van der Waals surface area contributed by atoms with Gasteiger partial charge in [-0.05, 0) is 65.5 Å². The van der Waals surface area contributed by atoms with Crippen LogP contribution in [0.25, 0.3) is 0 Å². The zero-order valence-corrected chi connectivity index (χ0v) is 10.8. The molecule has 0 aromatic carbocycles. The molecule has 0 aliphatic carbocycles. The third-order valence-electron chi connectivity index (χ3n) is 2.81. The lowest BCUT2D eigenvalue weighted by Gasteiger charge is -2.23. The molecule has 16 heavy (non-hydrogen) atoms. The number of nitrogens with one attached hydrogen (secondary N) is 1. The van der Waals surface area contributed by atoms with Gasteiger partial charge in [0.15, 0.2) is 0 Å². The second kappa shape index (κ2) is 6.24. The van der Waals surface area contributed by atoms with Gasteiger partial charge in [0.1, 0.15) is 5.60 Å². The summed E-state index contributed by atoms with van der Waals surface area (Å²) < 4.78 is 5.36. The topological polar surface area (TPSA) is 38.3 Å². The average molecular weight is 227 g/mol. The minimum Gasteiger partial charge on any atom is -0.460 e. The number of rotatable bonds is 2. The van der Waals surface area contributed by atoms with E-state index in [9.17, 15) is 4.79 Å². The Kier molecular flexibility index (Phi) is 5.26. The Hall–Kier alpha value is -0.570. The maximum atomic E-state index is 11.7. The van der Waals surface area contributed by atoms with Gasteiger partial charge < -0.3 is 10.1 Å². The highest BCUT2D eigenvalue weighted by molar-refractivity contribution is 5.70. The van der Waals surface area contributed by atoms with E-state index in [1.54, 1.807) is 0 Å². The van der Waals surface area contributed by atoms with Gasteiger partial charge in [0.25, 0.3) is 0 Å². The molecule has 1 rings (SSSR count). The molecule has 0 atom stereocenters. The third-order valence-corrected chi connectivity index (χ3v) is 2.81. The lowest BCUT2D eigenvalue weighted by atomic mass is 9.93. The van der Waals surface area contributed by atoms with E-state index in [2.05, 4.69) is 5.32 Å². The van der Waals surface area contributed by atoms with Crippen LogP contribution >= 0.6 is 0 Å². The van der Waals surface area contributed by atoms with Crippen LogP contribution in [0.15, 0.2) is 0 Å². The van der Waals surface area contributed by atoms with Gasteiger partial charge >= 0.3 is 5.97 Å². The Morgan fingerprint density at radius 2 is 1.81 bits per heavy atom. The van der Waals surface area contributed by atoms with Crippen LogP contribution in [0.2, 0.25) is 0 Å². The van der Waals surface area contributed by atoms with E-state index in [1.165, 1.54) is 12.8 Å². The molecule has 3 heteroatoms. The summed E-state index contributed by atoms with van der Waals surface area (Å²) in [5.74, 6) is 0.489. The fourth-order valence-corrected chi connectivity index (χ4v) is 2.12. The summed E-state index contributed by atoms with van der Waals surface area (Å²) in [6.45, 7) is 7.95. The first-order chi connectivity index (χ1) is 7.47. The Morgan fingerprint density at radius 1 is 1.25 bits per heavy atom. The average Bonchev–Trinajstić information content (AvgIpc) is 2.06. The zero-order chi connectivity index (χ0) is 12.0. The van der Waals surface area contributed by atoms with Crippen LogP contribution in [-0.2, 0) is 9.53 Å². The van der Waals surface area contributed by atoms with Crippen molar-refractivity contribution in [2.75, 3.05) is 13.1 Å². The maximum absolute atomic E-state index is 11.7. The lowest BCUT2D eigenvalue weighted by Crippen LogP contribution is -2.27. The summed E-state index contributed by atoms with van der Waals surface area (Å²) in [5, 5.41) is 3.38. The molecule has 1 saturated heterocycles. The highest BCUT2D eigenvalue weighted by atomic mass is 16.6. The Bertz CT molecular complexity index is 212. The summed E-state index contributed by atoms with van der Waals surface area (Å²) in [7, 11) is 0. The first-order valence-corrected chi connectivity index (χ1v) is 6.40. The highest BCUT2D eigenvalue weighted by Gasteiger charge is 2.20. The van der Waals surface area contributed by atoms with Crippen LogP contribution in [0.1, 0.15) is 52.9 Å². The molecule has 1 fully saturated rings. The monoisotopic (exact) mass is 227 g/mol.